The van der Waals surface area contributed by atoms with Crippen LogP contribution in [0.1, 0.15) is 24.9 Å². The second-order valence-corrected chi connectivity index (χ2v) is 6.24. The van der Waals surface area contributed by atoms with Crippen molar-refractivity contribution in [3.63, 3.8) is 0 Å². The SMILES string of the molecule is CCCn1nnnc1CN1CCN(CC(=O)Nc2cc(C)on2)CC1. The number of aryl methyl sites for hydroxylation is 2. The van der Waals surface area contributed by atoms with Crippen LogP contribution >= 0.6 is 0 Å². The highest BCUT2D eigenvalue weighted by Crippen LogP contribution is 2.09. The number of tetrazole rings is 1. The molecule has 1 aliphatic rings. The lowest BCUT2D eigenvalue weighted by Crippen LogP contribution is -2.48. The van der Waals surface area contributed by atoms with Crippen LogP contribution in [0.25, 0.3) is 0 Å². The summed E-state index contributed by atoms with van der Waals surface area (Å²) in [6.07, 6.45) is 1.01. The van der Waals surface area contributed by atoms with Gasteiger partial charge in [-0.05, 0) is 23.8 Å². The van der Waals surface area contributed by atoms with Crippen LogP contribution < -0.4 is 5.32 Å². The summed E-state index contributed by atoms with van der Waals surface area (Å²) in [5, 5.41) is 18.4. The Morgan fingerprint density at radius 2 is 2.04 bits per heavy atom. The van der Waals surface area contributed by atoms with Crippen molar-refractivity contribution < 1.29 is 9.32 Å². The second kappa shape index (κ2) is 8.17. The molecule has 3 heterocycles. The van der Waals surface area contributed by atoms with E-state index in [9.17, 15) is 4.79 Å². The van der Waals surface area contributed by atoms with E-state index in [0.717, 1.165) is 51.5 Å². The molecule has 10 heteroatoms. The molecule has 0 saturated carbocycles. The van der Waals surface area contributed by atoms with Crippen LogP contribution in [-0.4, -0.2) is 73.8 Å². The molecule has 1 saturated heterocycles. The van der Waals surface area contributed by atoms with Gasteiger partial charge in [-0.2, -0.15) is 0 Å². The highest BCUT2D eigenvalue weighted by molar-refractivity contribution is 5.91. The van der Waals surface area contributed by atoms with E-state index >= 15 is 0 Å². The van der Waals surface area contributed by atoms with Crippen LogP contribution in [-0.2, 0) is 17.9 Å². The minimum Gasteiger partial charge on any atom is -0.360 e. The van der Waals surface area contributed by atoms with Gasteiger partial charge in [0.05, 0.1) is 13.1 Å². The molecule has 0 unspecified atom stereocenters. The Labute approximate surface area is 146 Å². The van der Waals surface area contributed by atoms with E-state index in [4.69, 9.17) is 4.52 Å². The van der Waals surface area contributed by atoms with Crippen molar-refractivity contribution in [1.82, 2.24) is 35.2 Å². The van der Waals surface area contributed by atoms with Crippen molar-refractivity contribution in [3.05, 3.63) is 17.7 Å². The number of carbonyl (C=O) groups is 1. The Morgan fingerprint density at radius 3 is 2.72 bits per heavy atom. The number of piperazine rings is 1. The number of anilines is 1. The number of nitrogens with zero attached hydrogens (tertiary/aromatic N) is 7. The average molecular weight is 348 g/mol. The largest absolute Gasteiger partial charge is 0.360 e. The number of carbonyl (C=O) groups excluding carboxylic acids is 1. The monoisotopic (exact) mass is 348 g/mol. The number of amides is 1. The van der Waals surface area contributed by atoms with Gasteiger partial charge in [0.1, 0.15) is 5.76 Å². The van der Waals surface area contributed by atoms with E-state index in [1.54, 1.807) is 13.0 Å². The van der Waals surface area contributed by atoms with E-state index in [-0.39, 0.29) is 5.91 Å². The van der Waals surface area contributed by atoms with Crippen LogP contribution in [0, 0.1) is 6.92 Å². The quantitative estimate of drug-likeness (QED) is 0.753. The zero-order chi connectivity index (χ0) is 17.6. The highest BCUT2D eigenvalue weighted by atomic mass is 16.5. The molecule has 0 spiro atoms. The summed E-state index contributed by atoms with van der Waals surface area (Å²) in [5.41, 5.74) is 0. The molecule has 1 amide bonds. The molecular weight excluding hydrogens is 324 g/mol. The van der Waals surface area contributed by atoms with Crippen LogP contribution in [0.3, 0.4) is 0 Å². The first-order chi connectivity index (χ1) is 12.1. The lowest BCUT2D eigenvalue weighted by atomic mass is 10.3. The van der Waals surface area contributed by atoms with Gasteiger partial charge in [-0.3, -0.25) is 14.6 Å². The third-order valence-electron chi connectivity index (χ3n) is 4.13. The van der Waals surface area contributed by atoms with Gasteiger partial charge < -0.3 is 9.84 Å². The maximum absolute atomic E-state index is 12.1. The molecule has 2 aromatic heterocycles. The van der Waals surface area contributed by atoms with Crippen LogP contribution in [0.5, 0.6) is 0 Å². The Morgan fingerprint density at radius 1 is 1.28 bits per heavy atom. The number of rotatable bonds is 7. The first-order valence-electron chi connectivity index (χ1n) is 8.57. The molecule has 3 rings (SSSR count). The summed E-state index contributed by atoms with van der Waals surface area (Å²) in [6.45, 7) is 9.27. The van der Waals surface area contributed by atoms with E-state index in [1.807, 2.05) is 4.68 Å². The Kier molecular flexibility index (Phi) is 5.71. The molecule has 1 fully saturated rings. The predicted octanol–water partition coefficient (Wildman–Crippen LogP) is 0.136. The lowest BCUT2D eigenvalue weighted by molar-refractivity contribution is -0.117. The van der Waals surface area contributed by atoms with Gasteiger partial charge in [0.25, 0.3) is 0 Å². The minimum absolute atomic E-state index is 0.0753. The van der Waals surface area contributed by atoms with Crippen LogP contribution in [0.15, 0.2) is 10.6 Å². The Hall–Kier alpha value is -2.33. The molecule has 136 valence electrons. The van der Waals surface area contributed by atoms with Gasteiger partial charge in [-0.15, -0.1) is 5.10 Å². The van der Waals surface area contributed by atoms with Crippen molar-refractivity contribution in [2.24, 2.45) is 0 Å². The lowest BCUT2D eigenvalue weighted by Gasteiger charge is -2.33. The molecule has 2 aromatic rings. The van der Waals surface area contributed by atoms with Crippen LogP contribution in [0.4, 0.5) is 5.82 Å². The third kappa shape index (κ3) is 4.83. The van der Waals surface area contributed by atoms with Gasteiger partial charge >= 0.3 is 0 Å². The first-order valence-corrected chi connectivity index (χ1v) is 8.57. The summed E-state index contributed by atoms with van der Waals surface area (Å²) >= 11 is 0. The third-order valence-corrected chi connectivity index (χ3v) is 4.13. The predicted molar refractivity (Wildman–Crippen MR) is 89.7 cm³/mol. The first kappa shape index (κ1) is 17.5. The maximum atomic E-state index is 12.1. The topological polar surface area (TPSA) is 105 Å². The van der Waals surface area contributed by atoms with Gasteiger partial charge in [-0.1, -0.05) is 12.1 Å². The van der Waals surface area contributed by atoms with Gasteiger partial charge in [0.15, 0.2) is 11.6 Å². The molecule has 10 nitrogen and oxygen atoms in total. The summed E-state index contributed by atoms with van der Waals surface area (Å²) in [4.78, 5) is 16.5. The van der Waals surface area contributed by atoms with Crippen molar-refractivity contribution in [2.75, 3.05) is 38.0 Å². The smallest absolute Gasteiger partial charge is 0.239 e. The number of nitrogens with one attached hydrogen (secondary N) is 1. The average Bonchev–Trinajstić information content (AvgIpc) is 3.19. The van der Waals surface area contributed by atoms with Gasteiger partial charge in [0.2, 0.25) is 5.91 Å². The van der Waals surface area contributed by atoms with Crippen LogP contribution in [0.2, 0.25) is 0 Å². The summed E-state index contributed by atoms with van der Waals surface area (Å²) in [6, 6.07) is 1.70. The molecule has 0 radical (unpaired) electrons. The fourth-order valence-electron chi connectivity index (χ4n) is 2.84. The minimum atomic E-state index is -0.0753. The summed E-state index contributed by atoms with van der Waals surface area (Å²) in [5.74, 6) is 1.96. The zero-order valence-electron chi connectivity index (χ0n) is 14.7. The van der Waals surface area contributed by atoms with E-state index < -0.39 is 0 Å². The van der Waals surface area contributed by atoms with Gasteiger partial charge in [-0.25, -0.2) is 4.68 Å². The Balaban J connectivity index is 1.42. The van der Waals surface area contributed by atoms with E-state index in [0.29, 0.717) is 18.1 Å². The van der Waals surface area contributed by atoms with Crippen molar-refractivity contribution in [3.8, 4) is 0 Å². The fourth-order valence-corrected chi connectivity index (χ4v) is 2.84. The van der Waals surface area contributed by atoms with E-state index in [2.05, 4.69) is 42.7 Å². The second-order valence-electron chi connectivity index (χ2n) is 6.24. The van der Waals surface area contributed by atoms with E-state index in [1.165, 1.54) is 0 Å². The standard InChI is InChI=1S/C15H24N8O2/c1-3-4-23-14(17-19-20-23)10-21-5-7-22(8-6-21)11-15(24)16-13-9-12(2)25-18-13/h9H,3-8,10-11H2,1-2H3,(H,16,18,24). The maximum Gasteiger partial charge on any atom is 0.239 e. The van der Waals surface area contributed by atoms with Gasteiger partial charge in [0, 0.05) is 38.8 Å². The summed E-state index contributed by atoms with van der Waals surface area (Å²) < 4.78 is 6.80. The number of hydrogen-bond donors (Lipinski definition) is 1. The van der Waals surface area contributed by atoms with Crippen molar-refractivity contribution in [1.29, 1.82) is 0 Å². The molecule has 1 N–H and O–H groups in total. The molecule has 25 heavy (non-hydrogen) atoms. The normalized spacial score (nSPS) is 16.2. The van der Waals surface area contributed by atoms with Crippen molar-refractivity contribution >= 4 is 11.7 Å². The molecule has 0 aromatic carbocycles. The fraction of sp³-hybridized carbons (Fsp3) is 0.667. The summed E-state index contributed by atoms with van der Waals surface area (Å²) in [7, 11) is 0. The molecule has 0 atom stereocenters. The number of aromatic nitrogens is 5. The number of hydrogen-bond acceptors (Lipinski definition) is 8. The highest BCUT2D eigenvalue weighted by Gasteiger charge is 2.21. The molecule has 0 aliphatic carbocycles. The molecule has 0 bridgehead atoms. The molecule has 1 aliphatic heterocycles. The molecular formula is C15H24N8O2. The zero-order valence-corrected chi connectivity index (χ0v) is 14.7. The van der Waals surface area contributed by atoms with Crippen molar-refractivity contribution in [2.45, 2.75) is 33.4 Å². The Bertz CT molecular complexity index is 689.